The van der Waals surface area contributed by atoms with Crippen LogP contribution in [0, 0.1) is 6.92 Å². The molecule has 0 atom stereocenters. The minimum absolute atomic E-state index is 0.529. The second-order valence-corrected chi connectivity index (χ2v) is 10.6. The van der Waals surface area contributed by atoms with Gasteiger partial charge in [0.15, 0.2) is 5.13 Å². The smallest absolute Gasteiger partial charge is 0.182 e. The van der Waals surface area contributed by atoms with Gasteiger partial charge in [-0.05, 0) is 66.6 Å². The molecule has 0 radical (unpaired) electrons. The number of hydrogen-bond donors (Lipinski definition) is 1. The molecule has 2 N–H and O–H groups in total. The summed E-state index contributed by atoms with van der Waals surface area (Å²) in [6, 6.07) is 8.32. The van der Waals surface area contributed by atoms with Gasteiger partial charge in [-0.25, -0.2) is 19.9 Å². The SMILES string of the molecule is CCCN(C)Cc1nc(C)c(Br)c(N2CCOc3ccc(-c4cnc5sc(N)nc5c4)cc3C2)n1. The lowest BCUT2D eigenvalue weighted by molar-refractivity contribution is 0.318. The van der Waals surface area contributed by atoms with E-state index in [1.165, 1.54) is 11.3 Å². The lowest BCUT2D eigenvalue weighted by atomic mass is 10.0. The Labute approximate surface area is 217 Å². The largest absolute Gasteiger partial charge is 0.491 e. The monoisotopic (exact) mass is 553 g/mol. The highest BCUT2D eigenvalue weighted by Crippen LogP contribution is 2.34. The number of nitrogens with two attached hydrogens (primary N) is 1. The van der Waals surface area contributed by atoms with E-state index in [9.17, 15) is 0 Å². The molecule has 8 nitrogen and oxygen atoms in total. The summed E-state index contributed by atoms with van der Waals surface area (Å²) >= 11 is 5.14. The molecule has 0 saturated carbocycles. The van der Waals surface area contributed by atoms with Crippen LogP contribution in [0.15, 0.2) is 34.9 Å². The van der Waals surface area contributed by atoms with Crippen LogP contribution >= 0.6 is 27.3 Å². The average molecular weight is 555 g/mol. The fourth-order valence-corrected chi connectivity index (χ4v) is 5.42. The van der Waals surface area contributed by atoms with Crippen LogP contribution in [0.3, 0.4) is 0 Å². The van der Waals surface area contributed by atoms with Gasteiger partial charge in [-0.15, -0.1) is 0 Å². The number of aromatic nitrogens is 4. The Hall–Kier alpha value is -2.82. The second kappa shape index (κ2) is 10.0. The number of nitrogen functional groups attached to an aromatic ring is 1. The van der Waals surface area contributed by atoms with Crippen LogP contribution in [0.1, 0.15) is 30.4 Å². The molecular formula is C25H28BrN7OS. The lowest BCUT2D eigenvalue weighted by Gasteiger charge is -2.24. The van der Waals surface area contributed by atoms with Crippen LogP contribution in [-0.2, 0) is 13.1 Å². The van der Waals surface area contributed by atoms with E-state index in [0.29, 0.717) is 18.3 Å². The number of aryl methyl sites for hydroxylation is 1. The molecule has 0 unspecified atom stereocenters. The van der Waals surface area contributed by atoms with E-state index < -0.39 is 0 Å². The third kappa shape index (κ3) is 5.10. The zero-order valence-electron chi connectivity index (χ0n) is 20.1. The lowest BCUT2D eigenvalue weighted by Crippen LogP contribution is -2.28. The molecule has 0 aliphatic carbocycles. The van der Waals surface area contributed by atoms with Crippen molar-refractivity contribution in [2.45, 2.75) is 33.4 Å². The summed E-state index contributed by atoms with van der Waals surface area (Å²) in [5.74, 6) is 2.63. The standard InChI is InChI=1S/C25H28BrN7OS/c1-4-7-32(3)14-21-29-15(2)22(26)23(31-21)33-8-9-34-20-6-5-16(10-18(20)13-33)17-11-19-24(28-12-17)35-25(27)30-19/h5-6,10-12H,4,7-9,13-14H2,1-3H3,(H2,27,30). The van der Waals surface area contributed by atoms with Crippen molar-refractivity contribution in [1.29, 1.82) is 0 Å². The van der Waals surface area contributed by atoms with Crippen molar-refractivity contribution in [2.24, 2.45) is 0 Å². The van der Waals surface area contributed by atoms with Crippen LogP contribution in [-0.4, -0.2) is 51.6 Å². The zero-order valence-corrected chi connectivity index (χ0v) is 22.5. The molecule has 0 fully saturated rings. The molecule has 3 aromatic heterocycles. The second-order valence-electron chi connectivity index (χ2n) is 8.79. The minimum atomic E-state index is 0.529. The van der Waals surface area contributed by atoms with Crippen LogP contribution in [0.25, 0.3) is 21.5 Å². The number of halogens is 1. The van der Waals surface area contributed by atoms with Crippen molar-refractivity contribution in [3.63, 3.8) is 0 Å². The Morgan fingerprint density at radius 1 is 1.20 bits per heavy atom. The van der Waals surface area contributed by atoms with E-state index >= 15 is 0 Å². The quantitative estimate of drug-likeness (QED) is 0.354. The number of hydrogen-bond acceptors (Lipinski definition) is 9. The number of anilines is 2. The zero-order chi connectivity index (χ0) is 24.5. The average Bonchev–Trinajstić information content (AvgIpc) is 3.07. The molecule has 182 valence electrons. The number of rotatable bonds is 6. The first-order valence-electron chi connectivity index (χ1n) is 11.7. The fourth-order valence-electron chi connectivity index (χ4n) is 4.34. The minimum Gasteiger partial charge on any atom is -0.491 e. The molecule has 10 heteroatoms. The van der Waals surface area contributed by atoms with Gasteiger partial charge in [0.2, 0.25) is 0 Å². The van der Waals surface area contributed by atoms with E-state index in [1.54, 1.807) is 0 Å². The van der Waals surface area contributed by atoms with E-state index in [2.05, 4.69) is 61.8 Å². The topological polar surface area (TPSA) is 93.3 Å². The molecule has 0 bridgehead atoms. The predicted molar refractivity (Wildman–Crippen MR) is 145 cm³/mol. The Morgan fingerprint density at radius 2 is 2.06 bits per heavy atom. The summed E-state index contributed by atoms with van der Waals surface area (Å²) in [5.41, 5.74) is 10.8. The van der Waals surface area contributed by atoms with Crippen molar-refractivity contribution in [3.8, 4) is 16.9 Å². The highest BCUT2D eigenvalue weighted by atomic mass is 79.9. The maximum atomic E-state index is 6.11. The molecule has 1 aliphatic rings. The third-order valence-corrected chi connectivity index (χ3v) is 7.74. The van der Waals surface area contributed by atoms with Gasteiger partial charge >= 0.3 is 0 Å². The number of ether oxygens (including phenoxy) is 1. The molecule has 1 aromatic carbocycles. The first-order valence-corrected chi connectivity index (χ1v) is 13.3. The Kier molecular flexibility index (Phi) is 6.86. The highest BCUT2D eigenvalue weighted by Gasteiger charge is 2.22. The van der Waals surface area contributed by atoms with Crippen LogP contribution in [0.2, 0.25) is 0 Å². The number of thiazole rings is 1. The summed E-state index contributed by atoms with van der Waals surface area (Å²) in [7, 11) is 2.10. The van der Waals surface area contributed by atoms with Crippen molar-refractivity contribution >= 4 is 48.6 Å². The fraction of sp³-hybridized carbons (Fsp3) is 0.360. The van der Waals surface area contributed by atoms with Gasteiger partial charge in [-0.1, -0.05) is 24.3 Å². The number of benzene rings is 1. The van der Waals surface area contributed by atoms with Gasteiger partial charge in [-0.3, -0.25) is 4.90 Å². The van der Waals surface area contributed by atoms with Crippen LogP contribution in [0.5, 0.6) is 5.75 Å². The van der Waals surface area contributed by atoms with Gasteiger partial charge in [0.1, 0.15) is 34.3 Å². The van der Waals surface area contributed by atoms with Crippen molar-refractivity contribution in [2.75, 3.05) is 37.4 Å². The van der Waals surface area contributed by atoms with Crippen molar-refractivity contribution < 1.29 is 4.74 Å². The molecule has 35 heavy (non-hydrogen) atoms. The summed E-state index contributed by atoms with van der Waals surface area (Å²) in [6.07, 6.45) is 2.97. The Morgan fingerprint density at radius 3 is 2.89 bits per heavy atom. The maximum Gasteiger partial charge on any atom is 0.182 e. The molecule has 4 heterocycles. The summed E-state index contributed by atoms with van der Waals surface area (Å²) in [5, 5.41) is 0.529. The summed E-state index contributed by atoms with van der Waals surface area (Å²) in [4.78, 5) is 24.0. The molecular weight excluding hydrogens is 526 g/mol. The van der Waals surface area contributed by atoms with Crippen LogP contribution < -0.4 is 15.4 Å². The van der Waals surface area contributed by atoms with E-state index in [4.69, 9.17) is 20.4 Å². The van der Waals surface area contributed by atoms with E-state index in [0.717, 1.165) is 80.7 Å². The first-order chi connectivity index (χ1) is 16.9. The third-order valence-electron chi connectivity index (χ3n) is 6.00. The summed E-state index contributed by atoms with van der Waals surface area (Å²) in [6.45, 7) is 7.92. The highest BCUT2D eigenvalue weighted by molar-refractivity contribution is 9.10. The van der Waals surface area contributed by atoms with Gasteiger partial charge in [-0.2, -0.15) is 0 Å². The van der Waals surface area contributed by atoms with Gasteiger partial charge in [0, 0.05) is 23.9 Å². The van der Waals surface area contributed by atoms with E-state index in [1.807, 2.05) is 25.3 Å². The molecule has 0 spiro atoms. The molecule has 1 aliphatic heterocycles. The first kappa shape index (κ1) is 23.9. The summed E-state index contributed by atoms with van der Waals surface area (Å²) < 4.78 is 7.04. The molecule has 5 rings (SSSR count). The van der Waals surface area contributed by atoms with Gasteiger partial charge < -0.3 is 15.4 Å². The maximum absolute atomic E-state index is 6.11. The number of nitrogens with zero attached hydrogens (tertiary/aromatic N) is 6. The normalized spacial score (nSPS) is 13.7. The Bertz CT molecular complexity index is 1380. The van der Waals surface area contributed by atoms with Crippen molar-refractivity contribution in [3.05, 3.63) is 52.0 Å². The van der Waals surface area contributed by atoms with Gasteiger partial charge in [0.05, 0.1) is 23.3 Å². The van der Waals surface area contributed by atoms with Crippen LogP contribution in [0.4, 0.5) is 10.9 Å². The van der Waals surface area contributed by atoms with E-state index in [-0.39, 0.29) is 0 Å². The van der Waals surface area contributed by atoms with Gasteiger partial charge in [0.25, 0.3) is 0 Å². The Balaban J connectivity index is 1.46. The molecule has 4 aromatic rings. The predicted octanol–water partition coefficient (Wildman–Crippen LogP) is 5.04. The van der Waals surface area contributed by atoms with Crippen molar-refractivity contribution in [1.82, 2.24) is 24.8 Å². The number of fused-ring (bicyclic) bond motifs is 2. The molecule has 0 saturated heterocycles. The number of pyridine rings is 1. The molecule has 0 amide bonds.